The molecule has 1 heterocycles. The van der Waals surface area contributed by atoms with Crippen LogP contribution < -0.4 is 15.6 Å². The SMILES string of the molecule is C.CCCNC(=O)N(C(C)C)[C@@H](C)CN(C(=O)Cc1ccc(F)c(C(F)(F)F)c1)[C@H](C)c1nc2ccccc2c(=O)n1-c1ccc(OCC)cc1. The normalized spacial score (nSPS) is 12.6. The van der Waals surface area contributed by atoms with Crippen LogP contribution in [0, 0.1) is 5.82 Å². The number of hydrogen-bond acceptors (Lipinski definition) is 5. The van der Waals surface area contributed by atoms with Gasteiger partial charge in [-0.15, -0.1) is 0 Å². The molecule has 1 aromatic heterocycles. The van der Waals surface area contributed by atoms with Gasteiger partial charge in [0.25, 0.3) is 5.56 Å². The van der Waals surface area contributed by atoms with Crippen LogP contribution >= 0.6 is 0 Å². The van der Waals surface area contributed by atoms with Gasteiger partial charge in [-0.25, -0.2) is 14.2 Å². The van der Waals surface area contributed by atoms with Gasteiger partial charge in [0.15, 0.2) is 0 Å². The molecule has 4 rings (SSSR count). The Kier molecular flexibility index (Phi) is 13.8. The Hall–Kier alpha value is -4.94. The summed E-state index contributed by atoms with van der Waals surface area (Å²) in [6.07, 6.45) is -4.76. The minimum atomic E-state index is -4.96. The van der Waals surface area contributed by atoms with Crippen LogP contribution in [0.3, 0.4) is 0 Å². The minimum Gasteiger partial charge on any atom is -0.494 e. The molecule has 0 saturated carbocycles. The molecule has 51 heavy (non-hydrogen) atoms. The molecule has 9 nitrogen and oxygen atoms in total. The molecule has 0 aliphatic rings. The predicted octanol–water partition coefficient (Wildman–Crippen LogP) is 7.93. The number of hydrogen-bond donors (Lipinski definition) is 1. The van der Waals surface area contributed by atoms with Crippen LogP contribution in [0.25, 0.3) is 16.6 Å². The average Bonchev–Trinajstić information content (AvgIpc) is 3.06. The number of halogens is 4. The van der Waals surface area contributed by atoms with E-state index in [4.69, 9.17) is 9.72 Å². The second-order valence-electron chi connectivity index (χ2n) is 12.3. The van der Waals surface area contributed by atoms with E-state index in [-0.39, 0.29) is 37.4 Å². The molecule has 1 N–H and O–H groups in total. The first kappa shape index (κ1) is 40.5. The zero-order valence-corrected chi connectivity index (χ0v) is 29.1. The highest BCUT2D eigenvalue weighted by Crippen LogP contribution is 2.32. The van der Waals surface area contributed by atoms with Gasteiger partial charge in [0.2, 0.25) is 5.91 Å². The van der Waals surface area contributed by atoms with Gasteiger partial charge in [-0.05, 0) is 95.1 Å². The Balaban J connectivity index is 0.00000702. The Morgan fingerprint density at radius 3 is 2.25 bits per heavy atom. The van der Waals surface area contributed by atoms with Crippen molar-refractivity contribution < 1.29 is 31.9 Å². The second-order valence-corrected chi connectivity index (χ2v) is 12.3. The fourth-order valence-electron chi connectivity index (χ4n) is 5.97. The van der Waals surface area contributed by atoms with Crippen LogP contribution in [0.2, 0.25) is 0 Å². The number of carbonyl (C=O) groups is 2. The average molecular weight is 714 g/mol. The molecule has 4 aromatic rings. The van der Waals surface area contributed by atoms with E-state index in [2.05, 4.69) is 5.32 Å². The van der Waals surface area contributed by atoms with E-state index in [9.17, 15) is 31.9 Å². The fraction of sp³-hybridized carbons (Fsp3) is 0.421. The number of ether oxygens (including phenoxy) is 1. The molecule has 0 unspecified atom stereocenters. The van der Waals surface area contributed by atoms with Gasteiger partial charge in [0.05, 0.1) is 41.2 Å². The maximum absolute atomic E-state index is 14.3. The summed E-state index contributed by atoms with van der Waals surface area (Å²) in [5.74, 6) is -1.27. The first-order valence-corrected chi connectivity index (χ1v) is 16.6. The third-order valence-electron chi connectivity index (χ3n) is 8.31. The highest BCUT2D eigenvalue weighted by Gasteiger charge is 2.35. The number of carbonyl (C=O) groups excluding carboxylic acids is 2. The third-order valence-corrected chi connectivity index (χ3v) is 8.31. The first-order valence-electron chi connectivity index (χ1n) is 16.6. The molecule has 276 valence electrons. The highest BCUT2D eigenvalue weighted by atomic mass is 19.4. The number of aromatic nitrogens is 2. The van der Waals surface area contributed by atoms with Crippen LogP contribution in [0.15, 0.2) is 71.5 Å². The monoisotopic (exact) mass is 713 g/mol. The molecular formula is C38H47F4N5O4. The van der Waals surface area contributed by atoms with Gasteiger partial charge in [0, 0.05) is 25.2 Å². The van der Waals surface area contributed by atoms with Crippen LogP contribution in [-0.4, -0.2) is 63.1 Å². The zero-order chi connectivity index (χ0) is 36.7. The van der Waals surface area contributed by atoms with Crippen LogP contribution in [0.1, 0.15) is 78.4 Å². The number of nitrogens with zero attached hydrogens (tertiary/aromatic N) is 4. The Bertz CT molecular complexity index is 1860. The summed E-state index contributed by atoms with van der Waals surface area (Å²) >= 11 is 0. The number of alkyl halides is 3. The van der Waals surface area contributed by atoms with Crippen LogP contribution in [0.5, 0.6) is 5.75 Å². The second kappa shape index (κ2) is 17.3. The molecule has 0 bridgehead atoms. The molecule has 0 radical (unpaired) electrons. The summed E-state index contributed by atoms with van der Waals surface area (Å²) in [7, 11) is 0. The van der Waals surface area contributed by atoms with Crippen molar-refractivity contribution in [2.75, 3.05) is 19.7 Å². The Morgan fingerprint density at radius 1 is 0.980 bits per heavy atom. The third kappa shape index (κ3) is 9.44. The zero-order valence-electron chi connectivity index (χ0n) is 29.1. The van der Waals surface area contributed by atoms with Gasteiger partial charge in [-0.3, -0.25) is 14.2 Å². The van der Waals surface area contributed by atoms with Gasteiger partial charge >= 0.3 is 12.2 Å². The standard InChI is InChI=1S/C37H43F4N5O4.CH4/c1-7-19-42-36(49)45(23(3)4)24(5)22-44(33(47)21-26-13-18-31(38)30(20-26)37(39,40)41)25(6)34-43-32-12-10-9-11-29(32)35(48)46(34)27-14-16-28(17-15-27)50-8-2;/h9-18,20,23-25H,7-8,19,21-22H2,1-6H3,(H,42,49);1H4/t24-,25+;/m0./s1. The van der Waals surface area contributed by atoms with E-state index in [1.807, 2.05) is 27.7 Å². The quantitative estimate of drug-likeness (QED) is 0.142. The molecule has 13 heteroatoms. The van der Waals surface area contributed by atoms with Crippen molar-refractivity contribution >= 4 is 22.8 Å². The molecule has 0 aliphatic carbocycles. The lowest BCUT2D eigenvalue weighted by atomic mass is 10.0. The van der Waals surface area contributed by atoms with Crippen LogP contribution in [-0.2, 0) is 17.4 Å². The largest absolute Gasteiger partial charge is 0.494 e. The summed E-state index contributed by atoms with van der Waals surface area (Å²) in [6, 6.07) is 13.9. The molecule has 0 saturated heterocycles. The number of para-hydroxylation sites is 1. The van der Waals surface area contributed by atoms with Gasteiger partial charge < -0.3 is 19.9 Å². The number of urea groups is 1. The summed E-state index contributed by atoms with van der Waals surface area (Å²) in [5.41, 5.74) is -1.08. The number of amides is 3. The number of rotatable bonds is 13. The highest BCUT2D eigenvalue weighted by molar-refractivity contribution is 5.81. The van der Waals surface area contributed by atoms with Crippen molar-refractivity contribution in [2.24, 2.45) is 0 Å². The van der Waals surface area contributed by atoms with Crippen molar-refractivity contribution in [3.05, 3.63) is 99.9 Å². The maximum atomic E-state index is 14.3. The smallest absolute Gasteiger partial charge is 0.419 e. The minimum absolute atomic E-state index is 0. The molecular weight excluding hydrogens is 666 g/mol. The lowest BCUT2D eigenvalue weighted by Crippen LogP contribution is -2.54. The lowest BCUT2D eigenvalue weighted by Gasteiger charge is -2.38. The van der Waals surface area contributed by atoms with Gasteiger partial charge in [0.1, 0.15) is 17.4 Å². The number of benzene rings is 3. The molecule has 0 aliphatic heterocycles. The number of nitrogens with one attached hydrogen (secondary N) is 1. The molecule has 2 atom stereocenters. The molecule has 3 aromatic carbocycles. The van der Waals surface area contributed by atoms with E-state index in [1.54, 1.807) is 67.3 Å². The van der Waals surface area contributed by atoms with Crippen molar-refractivity contribution in [2.45, 2.75) is 86.1 Å². The fourth-order valence-corrected chi connectivity index (χ4v) is 5.97. The van der Waals surface area contributed by atoms with E-state index < -0.39 is 47.5 Å². The van der Waals surface area contributed by atoms with Crippen molar-refractivity contribution in [3.8, 4) is 11.4 Å². The van der Waals surface area contributed by atoms with Gasteiger partial charge in [-0.1, -0.05) is 32.5 Å². The first-order chi connectivity index (χ1) is 23.7. The topological polar surface area (TPSA) is 96.8 Å². The summed E-state index contributed by atoms with van der Waals surface area (Å²) in [6.45, 7) is 11.7. The van der Waals surface area contributed by atoms with E-state index in [0.29, 0.717) is 54.0 Å². The Labute approximate surface area is 296 Å². The van der Waals surface area contributed by atoms with E-state index in [1.165, 1.54) is 9.47 Å². The van der Waals surface area contributed by atoms with Crippen LogP contribution in [0.4, 0.5) is 22.4 Å². The maximum Gasteiger partial charge on any atom is 0.419 e. The van der Waals surface area contributed by atoms with Crippen molar-refractivity contribution in [1.29, 1.82) is 0 Å². The Morgan fingerprint density at radius 2 is 1.65 bits per heavy atom. The molecule has 0 spiro atoms. The van der Waals surface area contributed by atoms with Gasteiger partial charge in [-0.2, -0.15) is 13.2 Å². The van der Waals surface area contributed by atoms with E-state index >= 15 is 0 Å². The predicted molar refractivity (Wildman–Crippen MR) is 191 cm³/mol. The molecule has 0 fully saturated rings. The number of fused-ring (bicyclic) bond motifs is 1. The summed E-state index contributed by atoms with van der Waals surface area (Å²) in [5, 5.41) is 3.21. The summed E-state index contributed by atoms with van der Waals surface area (Å²) in [4.78, 5) is 49.4. The lowest BCUT2D eigenvalue weighted by molar-refractivity contribution is -0.140. The summed E-state index contributed by atoms with van der Waals surface area (Å²) < 4.78 is 61.9. The molecule has 3 amide bonds. The van der Waals surface area contributed by atoms with Crippen molar-refractivity contribution in [3.63, 3.8) is 0 Å². The van der Waals surface area contributed by atoms with E-state index in [0.717, 1.165) is 6.07 Å². The van der Waals surface area contributed by atoms with Crippen molar-refractivity contribution in [1.82, 2.24) is 24.7 Å².